The second-order valence-corrected chi connectivity index (χ2v) is 11.1. The zero-order valence-electron chi connectivity index (χ0n) is 19.1. The molecule has 4 aliphatic rings. The minimum absolute atomic E-state index is 0.00474. The van der Waals surface area contributed by atoms with Gasteiger partial charge in [0.25, 0.3) is 5.91 Å². The van der Waals surface area contributed by atoms with Crippen molar-refractivity contribution < 1.29 is 9.18 Å². The number of halogens is 2. The van der Waals surface area contributed by atoms with Crippen LogP contribution < -0.4 is 0 Å². The van der Waals surface area contributed by atoms with E-state index >= 15 is 0 Å². The van der Waals surface area contributed by atoms with Crippen LogP contribution in [0.5, 0.6) is 0 Å². The summed E-state index contributed by atoms with van der Waals surface area (Å²) in [6.45, 7) is 2.46. The third-order valence-corrected chi connectivity index (χ3v) is 9.75. The lowest BCUT2D eigenvalue weighted by Gasteiger charge is -2.44. The number of rotatable bonds is 5. The van der Waals surface area contributed by atoms with Crippen LogP contribution in [0.2, 0.25) is 5.02 Å². The van der Waals surface area contributed by atoms with E-state index in [9.17, 15) is 9.18 Å². The molecule has 0 aromatic heterocycles. The summed E-state index contributed by atoms with van der Waals surface area (Å²) in [5.41, 5.74) is 2.10. The molecule has 2 aromatic rings. The summed E-state index contributed by atoms with van der Waals surface area (Å²) in [6.07, 6.45) is 9.99. The summed E-state index contributed by atoms with van der Waals surface area (Å²) >= 11 is 5.93. The Morgan fingerprint density at radius 1 is 1.00 bits per heavy atom. The van der Waals surface area contributed by atoms with E-state index in [2.05, 4.69) is 35.2 Å². The van der Waals surface area contributed by atoms with Crippen LogP contribution in [0.15, 0.2) is 48.5 Å². The SMILES string of the molecule is O=C(c1cccc(Cl)c1F)N1CCC(CCN2C3CCCC4CCC432)(c2ccccc2)CC1. The van der Waals surface area contributed by atoms with E-state index in [0.717, 1.165) is 37.8 Å². The molecule has 4 fully saturated rings. The molecule has 2 aromatic carbocycles. The molecule has 5 heteroatoms. The van der Waals surface area contributed by atoms with Crippen LogP contribution in [0.4, 0.5) is 4.39 Å². The zero-order valence-corrected chi connectivity index (χ0v) is 19.9. The van der Waals surface area contributed by atoms with Crippen molar-refractivity contribution >= 4 is 17.5 Å². The maximum atomic E-state index is 14.5. The van der Waals surface area contributed by atoms with Crippen molar-refractivity contribution in [2.45, 2.75) is 68.4 Å². The lowest BCUT2D eigenvalue weighted by Crippen LogP contribution is -2.46. The summed E-state index contributed by atoms with van der Waals surface area (Å²) in [5.74, 6) is 0.0864. The van der Waals surface area contributed by atoms with E-state index in [4.69, 9.17) is 11.6 Å². The van der Waals surface area contributed by atoms with Gasteiger partial charge in [-0.1, -0.05) is 54.4 Å². The molecule has 0 bridgehead atoms. The van der Waals surface area contributed by atoms with Gasteiger partial charge in [0.15, 0.2) is 5.82 Å². The van der Waals surface area contributed by atoms with Crippen molar-refractivity contribution in [1.29, 1.82) is 0 Å². The van der Waals surface area contributed by atoms with Crippen LogP contribution in [-0.2, 0) is 5.41 Å². The second-order valence-electron chi connectivity index (χ2n) is 10.7. The van der Waals surface area contributed by atoms with Crippen LogP contribution in [0.1, 0.15) is 67.3 Å². The average Bonchev–Trinajstić information content (AvgIpc) is 3.52. The Kier molecular flexibility index (Phi) is 5.30. The summed E-state index contributed by atoms with van der Waals surface area (Å²) in [6, 6.07) is 16.4. The van der Waals surface area contributed by atoms with Crippen LogP contribution in [0.3, 0.4) is 0 Å². The number of piperidine rings is 1. The fourth-order valence-corrected chi connectivity index (χ4v) is 7.62. The average molecular weight is 467 g/mol. The highest BCUT2D eigenvalue weighted by Crippen LogP contribution is 2.64. The fourth-order valence-electron chi connectivity index (χ4n) is 7.44. The van der Waals surface area contributed by atoms with Gasteiger partial charge in [-0.15, -0.1) is 0 Å². The van der Waals surface area contributed by atoms with Crippen molar-refractivity contribution in [2.75, 3.05) is 19.6 Å². The molecular weight excluding hydrogens is 435 g/mol. The van der Waals surface area contributed by atoms with Gasteiger partial charge >= 0.3 is 0 Å². The predicted molar refractivity (Wildman–Crippen MR) is 129 cm³/mol. The van der Waals surface area contributed by atoms with E-state index in [1.807, 2.05) is 4.90 Å². The highest BCUT2D eigenvalue weighted by Gasteiger charge is 2.70. The number of nitrogens with zero attached hydrogens (tertiary/aromatic N) is 2. The molecule has 2 aliphatic carbocycles. The number of carbonyl (C=O) groups is 1. The molecule has 174 valence electrons. The van der Waals surface area contributed by atoms with Crippen LogP contribution in [0.25, 0.3) is 0 Å². The number of hydrogen-bond donors (Lipinski definition) is 0. The van der Waals surface area contributed by atoms with Gasteiger partial charge in [-0.3, -0.25) is 9.69 Å². The number of hydrogen-bond acceptors (Lipinski definition) is 2. The van der Waals surface area contributed by atoms with E-state index in [1.165, 1.54) is 43.7 Å². The molecular formula is C28H32ClFN2O. The van der Waals surface area contributed by atoms with Crippen LogP contribution in [0, 0.1) is 11.7 Å². The molecule has 0 radical (unpaired) electrons. The number of carbonyl (C=O) groups excluding carboxylic acids is 1. The van der Waals surface area contributed by atoms with Crippen molar-refractivity contribution in [3.8, 4) is 0 Å². The van der Waals surface area contributed by atoms with Gasteiger partial charge in [0.05, 0.1) is 10.6 Å². The summed E-state index contributed by atoms with van der Waals surface area (Å²) in [5, 5.41) is 0.00474. The Bertz CT molecular complexity index is 1050. The van der Waals surface area contributed by atoms with Gasteiger partial charge in [0.1, 0.15) is 0 Å². The first-order valence-corrected chi connectivity index (χ1v) is 13.0. The molecule has 2 heterocycles. The fraction of sp³-hybridized carbons (Fsp3) is 0.536. The van der Waals surface area contributed by atoms with Crippen molar-refractivity contribution in [2.24, 2.45) is 5.92 Å². The highest BCUT2D eigenvalue weighted by atomic mass is 35.5. The third-order valence-electron chi connectivity index (χ3n) is 9.46. The van der Waals surface area contributed by atoms with Gasteiger partial charge in [0.2, 0.25) is 0 Å². The molecule has 1 spiro atoms. The largest absolute Gasteiger partial charge is 0.338 e. The molecule has 3 nitrogen and oxygen atoms in total. The minimum atomic E-state index is -0.609. The van der Waals surface area contributed by atoms with Gasteiger partial charge in [-0.25, -0.2) is 4.39 Å². The molecule has 2 saturated heterocycles. The van der Waals surface area contributed by atoms with E-state index in [-0.39, 0.29) is 21.9 Å². The number of benzene rings is 2. The topological polar surface area (TPSA) is 23.3 Å². The Labute approximate surface area is 200 Å². The van der Waals surface area contributed by atoms with Gasteiger partial charge < -0.3 is 4.90 Å². The van der Waals surface area contributed by atoms with Crippen molar-refractivity contribution in [3.05, 3.63) is 70.5 Å². The summed E-state index contributed by atoms with van der Waals surface area (Å²) < 4.78 is 14.5. The van der Waals surface area contributed by atoms with E-state index in [1.54, 1.807) is 12.1 Å². The summed E-state index contributed by atoms with van der Waals surface area (Å²) in [4.78, 5) is 17.7. The Balaban J connectivity index is 1.18. The predicted octanol–water partition coefficient (Wildman–Crippen LogP) is 6.06. The lowest BCUT2D eigenvalue weighted by atomic mass is 9.64. The molecule has 2 saturated carbocycles. The molecule has 4 atom stereocenters. The highest BCUT2D eigenvalue weighted by molar-refractivity contribution is 6.31. The monoisotopic (exact) mass is 466 g/mol. The van der Waals surface area contributed by atoms with Crippen molar-refractivity contribution in [3.63, 3.8) is 0 Å². The van der Waals surface area contributed by atoms with Gasteiger partial charge in [-0.05, 0) is 80.5 Å². The van der Waals surface area contributed by atoms with Gasteiger partial charge in [-0.2, -0.15) is 0 Å². The standard InChI is InChI=1S/C28H32ClFN2O/c29-23-10-5-9-22(25(23)30)26(33)31-17-14-27(15-18-31,20-6-2-1-3-7-20)16-19-32-24-11-4-8-21-12-13-28(21,24)32/h1-3,5-7,9-10,21,24H,4,8,11-19H2. The Morgan fingerprint density at radius 3 is 2.48 bits per heavy atom. The number of likely N-dealkylation sites (tertiary alicyclic amines) is 2. The molecule has 0 N–H and O–H groups in total. The molecule has 33 heavy (non-hydrogen) atoms. The van der Waals surface area contributed by atoms with E-state index in [0.29, 0.717) is 18.6 Å². The maximum Gasteiger partial charge on any atom is 0.256 e. The Morgan fingerprint density at radius 2 is 1.79 bits per heavy atom. The smallest absolute Gasteiger partial charge is 0.256 e. The molecule has 6 rings (SSSR count). The second kappa shape index (κ2) is 8.09. The van der Waals surface area contributed by atoms with Crippen LogP contribution >= 0.6 is 11.6 Å². The quantitative estimate of drug-likeness (QED) is 0.500. The maximum absolute atomic E-state index is 14.5. The minimum Gasteiger partial charge on any atom is -0.338 e. The molecule has 2 aliphatic heterocycles. The zero-order chi connectivity index (χ0) is 22.6. The van der Waals surface area contributed by atoms with E-state index < -0.39 is 5.82 Å². The Hall–Kier alpha value is -1.91. The first-order valence-electron chi connectivity index (χ1n) is 12.6. The van der Waals surface area contributed by atoms with Crippen molar-refractivity contribution in [1.82, 2.24) is 9.80 Å². The van der Waals surface area contributed by atoms with Gasteiger partial charge in [0, 0.05) is 24.7 Å². The molecule has 4 unspecified atom stereocenters. The first kappa shape index (κ1) is 21.6. The number of amides is 1. The summed E-state index contributed by atoms with van der Waals surface area (Å²) in [7, 11) is 0. The molecule has 1 amide bonds. The van der Waals surface area contributed by atoms with Crippen LogP contribution in [-0.4, -0.2) is 46.9 Å². The first-order chi connectivity index (χ1) is 16.1. The third kappa shape index (κ3) is 3.36. The lowest BCUT2D eigenvalue weighted by molar-refractivity contribution is 0.0644. The normalized spacial score (nSPS) is 31.8.